The molecule has 0 atom stereocenters. The van der Waals surface area contributed by atoms with Crippen molar-refractivity contribution in [2.75, 3.05) is 21.3 Å². The topological polar surface area (TPSA) is 56.8 Å². The fourth-order valence-electron chi connectivity index (χ4n) is 2.61. The zero-order valence-electron chi connectivity index (χ0n) is 14.7. The average Bonchev–Trinajstić information content (AvgIpc) is 2.57. The van der Waals surface area contributed by atoms with Gasteiger partial charge in [0.15, 0.2) is 11.5 Å². The molecule has 0 saturated carbocycles. The lowest BCUT2D eigenvalue weighted by molar-refractivity contribution is 0.0950. The molecule has 1 amide bonds. The fourth-order valence-corrected chi connectivity index (χ4v) is 2.61. The Kier molecular flexibility index (Phi) is 5.68. The molecule has 0 fully saturated rings. The van der Waals surface area contributed by atoms with E-state index in [-0.39, 0.29) is 5.91 Å². The number of carbonyl (C=O) groups is 1. The molecule has 0 aliphatic rings. The molecule has 24 heavy (non-hydrogen) atoms. The van der Waals surface area contributed by atoms with Crippen molar-refractivity contribution in [3.05, 3.63) is 52.6 Å². The van der Waals surface area contributed by atoms with Gasteiger partial charge in [-0.2, -0.15) is 0 Å². The molecule has 1 N–H and O–H groups in total. The molecule has 0 radical (unpaired) electrons. The van der Waals surface area contributed by atoms with E-state index < -0.39 is 0 Å². The first-order chi connectivity index (χ1) is 11.5. The molecule has 0 saturated heterocycles. The second-order valence-corrected chi connectivity index (χ2v) is 5.58. The maximum absolute atomic E-state index is 12.4. The van der Waals surface area contributed by atoms with Crippen molar-refractivity contribution in [3.63, 3.8) is 0 Å². The summed E-state index contributed by atoms with van der Waals surface area (Å²) in [6.45, 7) is 4.28. The van der Waals surface area contributed by atoms with Crippen LogP contribution in [0.5, 0.6) is 17.2 Å². The monoisotopic (exact) mass is 329 g/mol. The highest BCUT2D eigenvalue weighted by atomic mass is 16.5. The van der Waals surface area contributed by atoms with Gasteiger partial charge in [-0.25, -0.2) is 0 Å². The highest BCUT2D eigenvalue weighted by Crippen LogP contribution is 2.34. The number of rotatable bonds is 6. The molecule has 0 aromatic heterocycles. The van der Waals surface area contributed by atoms with Crippen LogP contribution in [-0.4, -0.2) is 27.2 Å². The third-order valence-corrected chi connectivity index (χ3v) is 3.71. The molecule has 2 aromatic rings. The van der Waals surface area contributed by atoms with Crippen LogP contribution >= 0.6 is 0 Å². The van der Waals surface area contributed by atoms with E-state index in [0.717, 1.165) is 16.7 Å². The van der Waals surface area contributed by atoms with Crippen LogP contribution in [0.4, 0.5) is 0 Å². The Bertz CT molecular complexity index is 720. The average molecular weight is 329 g/mol. The van der Waals surface area contributed by atoms with E-state index in [9.17, 15) is 4.79 Å². The molecule has 5 nitrogen and oxygen atoms in total. The molecule has 0 spiro atoms. The summed E-state index contributed by atoms with van der Waals surface area (Å²) >= 11 is 0. The van der Waals surface area contributed by atoms with Gasteiger partial charge in [0, 0.05) is 23.7 Å². The number of methoxy groups -OCH3 is 3. The molecular weight excluding hydrogens is 306 g/mol. The van der Waals surface area contributed by atoms with Crippen LogP contribution in [0.15, 0.2) is 30.3 Å². The third kappa shape index (κ3) is 3.98. The third-order valence-electron chi connectivity index (χ3n) is 3.71. The number of carbonyl (C=O) groups excluding carboxylic acids is 1. The molecule has 2 rings (SSSR count). The summed E-state index contributed by atoms with van der Waals surface area (Å²) in [7, 11) is 4.72. The summed E-state index contributed by atoms with van der Waals surface area (Å²) < 4.78 is 15.9. The first-order valence-corrected chi connectivity index (χ1v) is 7.64. The molecule has 0 heterocycles. The highest BCUT2D eigenvalue weighted by molar-refractivity contribution is 5.94. The van der Waals surface area contributed by atoms with Crippen LogP contribution in [0.3, 0.4) is 0 Å². The minimum absolute atomic E-state index is 0.126. The Balaban J connectivity index is 2.20. The maximum Gasteiger partial charge on any atom is 0.251 e. The molecule has 128 valence electrons. The number of ether oxygens (including phenoxy) is 3. The highest BCUT2D eigenvalue weighted by Gasteiger charge is 2.13. The zero-order valence-corrected chi connectivity index (χ0v) is 14.7. The predicted molar refractivity (Wildman–Crippen MR) is 93.2 cm³/mol. The second kappa shape index (κ2) is 7.73. The predicted octanol–water partition coefficient (Wildman–Crippen LogP) is 3.26. The molecule has 0 unspecified atom stereocenters. The number of aryl methyl sites for hydroxylation is 2. The van der Waals surface area contributed by atoms with Crippen LogP contribution in [0, 0.1) is 13.8 Å². The Morgan fingerprint density at radius 2 is 1.38 bits per heavy atom. The minimum atomic E-state index is -0.126. The van der Waals surface area contributed by atoms with Gasteiger partial charge in [-0.3, -0.25) is 4.79 Å². The molecular formula is C19H23NO4. The summed E-state index contributed by atoms with van der Waals surface area (Å²) in [5, 5.41) is 2.92. The van der Waals surface area contributed by atoms with Crippen LogP contribution < -0.4 is 19.5 Å². The van der Waals surface area contributed by atoms with Gasteiger partial charge in [-0.05, 0) is 32.0 Å². The van der Waals surface area contributed by atoms with Crippen molar-refractivity contribution in [3.8, 4) is 17.2 Å². The van der Waals surface area contributed by atoms with Crippen LogP contribution in [0.2, 0.25) is 0 Å². The van der Waals surface area contributed by atoms with Gasteiger partial charge in [-0.1, -0.05) is 17.2 Å². The summed E-state index contributed by atoms with van der Waals surface area (Å²) in [6.07, 6.45) is 0. The number of benzene rings is 2. The van der Waals surface area contributed by atoms with E-state index in [1.807, 2.05) is 32.0 Å². The molecule has 2 aromatic carbocycles. The number of amides is 1. The zero-order chi connectivity index (χ0) is 17.7. The minimum Gasteiger partial charge on any atom is -0.496 e. The number of hydrogen-bond donors (Lipinski definition) is 1. The van der Waals surface area contributed by atoms with Crippen molar-refractivity contribution in [2.45, 2.75) is 20.4 Å². The van der Waals surface area contributed by atoms with E-state index in [1.165, 1.54) is 0 Å². The van der Waals surface area contributed by atoms with E-state index in [2.05, 4.69) is 5.32 Å². The summed E-state index contributed by atoms with van der Waals surface area (Å²) in [6, 6.07) is 9.33. The van der Waals surface area contributed by atoms with Crippen LogP contribution in [0.25, 0.3) is 0 Å². The van der Waals surface area contributed by atoms with E-state index in [1.54, 1.807) is 33.5 Å². The lowest BCUT2D eigenvalue weighted by Gasteiger charge is -2.15. The second-order valence-electron chi connectivity index (χ2n) is 5.58. The Hall–Kier alpha value is -2.69. The molecule has 0 bridgehead atoms. The van der Waals surface area contributed by atoms with Gasteiger partial charge >= 0.3 is 0 Å². The van der Waals surface area contributed by atoms with Crippen LogP contribution in [-0.2, 0) is 6.54 Å². The van der Waals surface area contributed by atoms with E-state index >= 15 is 0 Å². The van der Waals surface area contributed by atoms with Crippen molar-refractivity contribution < 1.29 is 19.0 Å². The van der Waals surface area contributed by atoms with Gasteiger partial charge in [0.05, 0.1) is 21.3 Å². The van der Waals surface area contributed by atoms with Crippen molar-refractivity contribution in [1.82, 2.24) is 5.32 Å². The lowest BCUT2D eigenvalue weighted by atomic mass is 10.1. The van der Waals surface area contributed by atoms with Crippen molar-refractivity contribution >= 4 is 5.91 Å². The van der Waals surface area contributed by atoms with Gasteiger partial charge in [0.2, 0.25) is 0 Å². The summed E-state index contributed by atoms with van der Waals surface area (Å²) in [5.74, 6) is 1.68. The Labute approximate surface area is 142 Å². The van der Waals surface area contributed by atoms with Crippen molar-refractivity contribution in [2.24, 2.45) is 0 Å². The first kappa shape index (κ1) is 17.7. The summed E-state index contributed by atoms with van der Waals surface area (Å²) in [4.78, 5) is 12.4. The normalized spacial score (nSPS) is 10.2. The SMILES string of the molecule is COc1cc(OC)c(OC)cc1CNC(=O)c1cc(C)cc(C)c1. The molecule has 5 heteroatoms. The molecule has 0 aliphatic carbocycles. The van der Waals surface area contributed by atoms with E-state index in [0.29, 0.717) is 29.4 Å². The maximum atomic E-state index is 12.4. The van der Waals surface area contributed by atoms with Crippen molar-refractivity contribution in [1.29, 1.82) is 0 Å². The standard InChI is InChI=1S/C19H23NO4/c1-12-6-13(2)8-14(7-12)19(21)20-11-15-9-17(23-4)18(24-5)10-16(15)22-3/h6-10H,11H2,1-5H3,(H,20,21). The molecule has 0 aliphatic heterocycles. The lowest BCUT2D eigenvalue weighted by Crippen LogP contribution is -2.23. The smallest absolute Gasteiger partial charge is 0.251 e. The largest absolute Gasteiger partial charge is 0.496 e. The van der Waals surface area contributed by atoms with E-state index in [4.69, 9.17) is 14.2 Å². The van der Waals surface area contributed by atoms with Gasteiger partial charge in [-0.15, -0.1) is 0 Å². The number of hydrogen-bond acceptors (Lipinski definition) is 4. The van der Waals surface area contributed by atoms with Gasteiger partial charge < -0.3 is 19.5 Å². The first-order valence-electron chi connectivity index (χ1n) is 7.64. The quantitative estimate of drug-likeness (QED) is 0.884. The summed E-state index contributed by atoms with van der Waals surface area (Å²) in [5.41, 5.74) is 3.58. The van der Waals surface area contributed by atoms with Gasteiger partial charge in [0.1, 0.15) is 5.75 Å². The fraction of sp³-hybridized carbons (Fsp3) is 0.316. The van der Waals surface area contributed by atoms with Gasteiger partial charge in [0.25, 0.3) is 5.91 Å². The number of nitrogens with one attached hydrogen (secondary N) is 1. The van der Waals surface area contributed by atoms with Crippen LogP contribution in [0.1, 0.15) is 27.0 Å². The Morgan fingerprint density at radius 3 is 1.92 bits per heavy atom. The Morgan fingerprint density at radius 1 is 0.833 bits per heavy atom.